The van der Waals surface area contributed by atoms with Gasteiger partial charge in [-0.1, -0.05) is 19.6 Å². The molecule has 0 bridgehead atoms. The van der Waals surface area contributed by atoms with E-state index in [0.29, 0.717) is 47.6 Å². The minimum Gasteiger partial charge on any atom is -0.478 e. The van der Waals surface area contributed by atoms with Gasteiger partial charge in [0.15, 0.2) is 0 Å². The number of amides is 1. The monoisotopic (exact) mass is 707 g/mol. The van der Waals surface area contributed by atoms with Gasteiger partial charge in [0, 0.05) is 74.8 Å². The molecular formula is C35H40F3N7O4Si. The van der Waals surface area contributed by atoms with Gasteiger partial charge in [0.05, 0.1) is 5.56 Å². The number of ether oxygens (including phenoxy) is 1. The molecule has 4 N–H and O–H groups in total. The first kappa shape index (κ1) is 37.7. The molecule has 0 aliphatic heterocycles. The average Bonchev–Trinajstić information content (AvgIpc) is 3.41. The predicted molar refractivity (Wildman–Crippen MR) is 186 cm³/mol. The summed E-state index contributed by atoms with van der Waals surface area (Å²) < 4.78 is 48.2. The first-order valence-corrected chi connectivity index (χ1v) is 19.4. The molecule has 5 aromatic heterocycles. The number of aryl methyl sites for hydroxylation is 2. The van der Waals surface area contributed by atoms with Gasteiger partial charge in [0.1, 0.15) is 23.9 Å². The lowest BCUT2D eigenvalue weighted by Gasteiger charge is -2.17. The van der Waals surface area contributed by atoms with Crippen molar-refractivity contribution in [2.45, 2.75) is 65.4 Å². The van der Waals surface area contributed by atoms with E-state index in [-0.39, 0.29) is 23.8 Å². The number of pyridine rings is 4. The van der Waals surface area contributed by atoms with Crippen LogP contribution in [0.2, 0.25) is 25.7 Å². The molecule has 0 saturated carbocycles. The Labute approximate surface area is 288 Å². The number of carboxylic acid groups (broad SMARTS) is 1. The van der Waals surface area contributed by atoms with Crippen molar-refractivity contribution in [3.8, 4) is 0 Å². The number of anilines is 1. The van der Waals surface area contributed by atoms with Crippen LogP contribution in [0.3, 0.4) is 0 Å². The van der Waals surface area contributed by atoms with Crippen molar-refractivity contribution >= 4 is 36.8 Å². The number of aromatic nitrogens is 5. The van der Waals surface area contributed by atoms with Gasteiger partial charge in [-0.25, -0.2) is 14.8 Å². The number of alkyl halides is 3. The van der Waals surface area contributed by atoms with Gasteiger partial charge in [-0.2, -0.15) is 13.2 Å². The van der Waals surface area contributed by atoms with Gasteiger partial charge >= 0.3 is 12.1 Å². The van der Waals surface area contributed by atoms with E-state index in [2.05, 4.69) is 44.9 Å². The Bertz CT molecular complexity index is 1940. The smallest absolute Gasteiger partial charge is 0.431 e. The average molecular weight is 708 g/mol. The number of fused-ring (bicyclic) bond motifs is 1. The number of aromatic carboxylic acids is 1. The van der Waals surface area contributed by atoms with Crippen LogP contribution in [0.5, 0.6) is 0 Å². The molecule has 0 unspecified atom stereocenters. The maximum Gasteiger partial charge on any atom is 0.431 e. The molecule has 1 amide bonds. The maximum absolute atomic E-state index is 13.8. The van der Waals surface area contributed by atoms with Crippen molar-refractivity contribution < 1.29 is 32.6 Å². The highest BCUT2D eigenvalue weighted by Crippen LogP contribution is 2.34. The zero-order valence-corrected chi connectivity index (χ0v) is 29.5. The van der Waals surface area contributed by atoms with E-state index in [1.807, 2.05) is 13.8 Å². The number of hydrogen-bond acceptors (Lipinski definition) is 8. The maximum atomic E-state index is 13.8. The first-order chi connectivity index (χ1) is 23.5. The lowest BCUT2D eigenvalue weighted by molar-refractivity contribution is -0.145. The molecule has 5 aromatic rings. The van der Waals surface area contributed by atoms with Gasteiger partial charge in [0.2, 0.25) is 0 Å². The standard InChI is InChI=1S/C29H35F3N6O2Si.C6H5NO2/c1-18-10-26(33)37-19(2)24(18)16-36-28(39)21-6-7-34-23(13-21)12-20-11-22-14-25(29(30,31)32)38(27(22)35-15-20)17-40-8-9-41(3,4)5;8-6(9)5-1-3-7-4-2-5/h6-7,10-11,13-15H,8-9,12,16-17H2,1-5H3,(H2,33,37)(H,36,39);1-4H,(H,8,9). The SMILES string of the molecule is Cc1cc(N)nc(C)c1CNC(=O)c1ccnc(Cc2cnc3c(c2)cc(C(F)(F)F)n3COCC[Si](C)(C)C)c1.O=C(O)c1ccncc1. The van der Waals surface area contributed by atoms with E-state index < -0.39 is 25.9 Å². The van der Waals surface area contributed by atoms with Crippen molar-refractivity contribution in [3.63, 3.8) is 0 Å². The van der Waals surface area contributed by atoms with Crippen molar-refractivity contribution in [2.24, 2.45) is 0 Å². The molecule has 15 heteroatoms. The molecule has 0 aliphatic carbocycles. The summed E-state index contributed by atoms with van der Waals surface area (Å²) in [4.78, 5) is 39.7. The number of carboxylic acids is 1. The van der Waals surface area contributed by atoms with Crippen LogP contribution in [0.25, 0.3) is 11.0 Å². The Balaban J connectivity index is 0.000000541. The van der Waals surface area contributed by atoms with Crippen LogP contribution in [-0.4, -0.2) is 56.2 Å². The van der Waals surface area contributed by atoms with E-state index in [1.54, 1.807) is 24.3 Å². The largest absolute Gasteiger partial charge is 0.478 e. The third-order valence-electron chi connectivity index (χ3n) is 7.69. The second-order valence-electron chi connectivity index (χ2n) is 12.9. The third-order valence-corrected chi connectivity index (χ3v) is 9.39. The second-order valence-corrected chi connectivity index (χ2v) is 18.5. The van der Waals surface area contributed by atoms with Crippen molar-refractivity contribution in [1.82, 2.24) is 29.8 Å². The predicted octanol–water partition coefficient (Wildman–Crippen LogP) is 6.66. The number of carbonyl (C=O) groups excluding carboxylic acids is 1. The summed E-state index contributed by atoms with van der Waals surface area (Å²) in [6.45, 7) is 10.8. The zero-order chi connectivity index (χ0) is 36.6. The summed E-state index contributed by atoms with van der Waals surface area (Å²) in [5.74, 6) is -0.769. The molecule has 264 valence electrons. The van der Waals surface area contributed by atoms with Crippen molar-refractivity contribution in [2.75, 3.05) is 12.3 Å². The molecule has 11 nitrogen and oxygen atoms in total. The van der Waals surface area contributed by atoms with Crippen molar-refractivity contribution in [1.29, 1.82) is 0 Å². The number of hydrogen-bond donors (Lipinski definition) is 3. The summed E-state index contributed by atoms with van der Waals surface area (Å²) >= 11 is 0. The molecular weight excluding hydrogens is 668 g/mol. The van der Waals surface area contributed by atoms with Crippen LogP contribution in [0.1, 0.15) is 54.5 Å². The molecule has 50 heavy (non-hydrogen) atoms. The Hall–Kier alpha value is -5.15. The molecule has 0 saturated heterocycles. The summed E-state index contributed by atoms with van der Waals surface area (Å²) in [6.07, 6.45) is 1.71. The normalized spacial score (nSPS) is 11.6. The highest BCUT2D eigenvalue weighted by Gasteiger charge is 2.36. The molecule has 0 radical (unpaired) electrons. The number of nitrogens with one attached hydrogen (secondary N) is 1. The fraction of sp³-hybridized carbons (Fsp3) is 0.314. The van der Waals surface area contributed by atoms with E-state index in [4.69, 9.17) is 15.6 Å². The van der Waals surface area contributed by atoms with E-state index >= 15 is 0 Å². The van der Waals surface area contributed by atoms with E-state index in [1.165, 1.54) is 36.9 Å². The van der Waals surface area contributed by atoms with Crippen LogP contribution in [-0.2, 0) is 30.6 Å². The number of halogens is 3. The minimum atomic E-state index is -4.55. The topological polar surface area (TPSA) is 158 Å². The second kappa shape index (κ2) is 16.0. The highest BCUT2D eigenvalue weighted by molar-refractivity contribution is 6.76. The number of carbonyl (C=O) groups is 2. The molecule has 5 rings (SSSR count). The summed E-state index contributed by atoms with van der Waals surface area (Å²) in [5, 5.41) is 11.6. The Morgan fingerprint density at radius 1 is 1.00 bits per heavy atom. The van der Waals surface area contributed by atoms with Crippen LogP contribution >= 0.6 is 0 Å². The fourth-order valence-corrected chi connectivity index (χ4v) is 5.79. The Kier molecular flexibility index (Phi) is 12.1. The zero-order valence-electron chi connectivity index (χ0n) is 28.5. The van der Waals surface area contributed by atoms with Gasteiger partial charge in [-0.15, -0.1) is 0 Å². The molecule has 0 aliphatic rings. The minimum absolute atomic E-state index is 0.206. The van der Waals surface area contributed by atoms with Crippen LogP contribution in [0.15, 0.2) is 67.3 Å². The summed E-state index contributed by atoms with van der Waals surface area (Å²) in [7, 11) is -1.38. The Morgan fingerprint density at radius 2 is 1.70 bits per heavy atom. The van der Waals surface area contributed by atoms with Gasteiger partial charge in [0.25, 0.3) is 5.91 Å². The van der Waals surface area contributed by atoms with Crippen LogP contribution in [0, 0.1) is 13.8 Å². The van der Waals surface area contributed by atoms with Gasteiger partial charge in [-0.3, -0.25) is 19.3 Å². The lowest BCUT2D eigenvalue weighted by Crippen LogP contribution is -2.24. The molecule has 0 fully saturated rings. The summed E-state index contributed by atoms with van der Waals surface area (Å²) in [5.41, 5.74) is 9.73. The first-order valence-electron chi connectivity index (χ1n) is 15.7. The number of nitrogens with zero attached hydrogens (tertiary/aromatic N) is 5. The Morgan fingerprint density at radius 3 is 2.32 bits per heavy atom. The van der Waals surface area contributed by atoms with Crippen LogP contribution < -0.4 is 11.1 Å². The molecule has 0 aromatic carbocycles. The third kappa shape index (κ3) is 10.4. The highest BCUT2D eigenvalue weighted by atomic mass is 28.3. The quantitative estimate of drug-likeness (QED) is 0.101. The molecule has 5 heterocycles. The number of nitrogens with two attached hydrogens (primary N) is 1. The number of rotatable bonds is 11. The van der Waals surface area contributed by atoms with Gasteiger partial charge < -0.3 is 20.9 Å². The van der Waals surface area contributed by atoms with E-state index in [9.17, 15) is 22.8 Å². The lowest BCUT2D eigenvalue weighted by atomic mass is 10.1. The van der Waals surface area contributed by atoms with Crippen LogP contribution in [0.4, 0.5) is 19.0 Å². The van der Waals surface area contributed by atoms with Gasteiger partial charge in [-0.05, 0) is 79.0 Å². The summed E-state index contributed by atoms with van der Waals surface area (Å²) in [6, 6.07) is 11.6. The molecule has 0 spiro atoms. The van der Waals surface area contributed by atoms with E-state index in [0.717, 1.165) is 33.5 Å². The fourth-order valence-electron chi connectivity index (χ4n) is 5.03. The molecule has 0 atom stereocenters. The van der Waals surface area contributed by atoms with Crippen molar-refractivity contribution in [3.05, 3.63) is 112 Å². The number of nitrogen functional groups attached to an aromatic ring is 1.